The molecule has 6 nitrogen and oxygen atoms in total. The van der Waals surface area contributed by atoms with Crippen molar-refractivity contribution in [1.82, 2.24) is 20.3 Å². The molecule has 2 aromatic rings. The molecule has 0 spiro atoms. The highest BCUT2D eigenvalue weighted by molar-refractivity contribution is 5.34. The topological polar surface area (TPSA) is 69.2 Å². The average Bonchev–Trinajstić information content (AvgIpc) is 2.52. The Labute approximate surface area is 118 Å². The van der Waals surface area contributed by atoms with E-state index >= 15 is 0 Å². The van der Waals surface area contributed by atoms with Gasteiger partial charge in [0.05, 0.1) is 19.8 Å². The van der Waals surface area contributed by atoms with Crippen molar-refractivity contribution in [3.63, 3.8) is 0 Å². The Balaban J connectivity index is 2.11. The van der Waals surface area contributed by atoms with Gasteiger partial charge < -0.3 is 14.8 Å². The second kappa shape index (κ2) is 6.81. The van der Waals surface area contributed by atoms with Crippen molar-refractivity contribution in [3.05, 3.63) is 42.0 Å². The molecule has 0 amide bonds. The lowest BCUT2D eigenvalue weighted by Crippen LogP contribution is -2.19. The zero-order valence-electron chi connectivity index (χ0n) is 11.8. The minimum absolute atomic E-state index is 0.151. The van der Waals surface area contributed by atoms with Crippen LogP contribution in [0.2, 0.25) is 0 Å². The van der Waals surface area contributed by atoms with E-state index in [9.17, 15) is 0 Å². The maximum Gasteiger partial charge on any atom is 0.224 e. The summed E-state index contributed by atoms with van der Waals surface area (Å²) in [4.78, 5) is 12.3. The van der Waals surface area contributed by atoms with Gasteiger partial charge in [-0.15, -0.1) is 0 Å². The van der Waals surface area contributed by atoms with Gasteiger partial charge in [0.15, 0.2) is 0 Å². The highest BCUT2D eigenvalue weighted by Gasteiger charge is 2.14. The van der Waals surface area contributed by atoms with Gasteiger partial charge in [0.2, 0.25) is 11.8 Å². The van der Waals surface area contributed by atoms with Crippen LogP contribution in [0, 0.1) is 0 Å². The van der Waals surface area contributed by atoms with Crippen LogP contribution in [0.1, 0.15) is 24.1 Å². The first-order valence-corrected chi connectivity index (χ1v) is 6.31. The fraction of sp³-hybridized carbons (Fsp3) is 0.357. The van der Waals surface area contributed by atoms with E-state index in [1.165, 1.54) is 6.33 Å². The number of nitrogens with zero attached hydrogens (tertiary/aromatic N) is 3. The molecule has 0 aliphatic carbocycles. The Morgan fingerprint density at radius 1 is 1.20 bits per heavy atom. The highest BCUT2D eigenvalue weighted by atomic mass is 16.5. The summed E-state index contributed by atoms with van der Waals surface area (Å²) in [7, 11) is 3.16. The summed E-state index contributed by atoms with van der Waals surface area (Å²) < 4.78 is 10.5. The summed E-state index contributed by atoms with van der Waals surface area (Å²) in [6.45, 7) is 2.61. The van der Waals surface area contributed by atoms with Crippen molar-refractivity contribution < 1.29 is 9.47 Å². The number of hydrogen-bond donors (Lipinski definition) is 1. The molecule has 1 atom stereocenters. The van der Waals surface area contributed by atoms with Gasteiger partial charge in [-0.05, 0) is 18.6 Å². The van der Waals surface area contributed by atoms with Crippen LogP contribution in [-0.2, 0) is 6.54 Å². The molecule has 2 heterocycles. The lowest BCUT2D eigenvalue weighted by Gasteiger charge is -2.16. The molecule has 0 fully saturated rings. The molecule has 0 saturated heterocycles. The number of nitrogens with one attached hydrogen (secondary N) is 1. The Morgan fingerprint density at radius 3 is 2.45 bits per heavy atom. The van der Waals surface area contributed by atoms with Crippen LogP contribution in [0.4, 0.5) is 0 Å². The third kappa shape index (κ3) is 3.21. The Hall–Kier alpha value is -2.21. The number of pyridine rings is 1. The van der Waals surface area contributed by atoms with Crippen molar-refractivity contribution in [3.8, 4) is 11.8 Å². The largest absolute Gasteiger partial charge is 0.481 e. The molecule has 2 rings (SSSR count). The summed E-state index contributed by atoms with van der Waals surface area (Å²) in [5.41, 5.74) is 1.91. The van der Waals surface area contributed by atoms with E-state index in [0.717, 1.165) is 11.1 Å². The van der Waals surface area contributed by atoms with E-state index in [4.69, 9.17) is 9.47 Å². The number of aromatic nitrogens is 3. The first-order chi connectivity index (χ1) is 9.76. The molecule has 0 aromatic carbocycles. The molecular weight excluding hydrogens is 256 g/mol. The van der Waals surface area contributed by atoms with Crippen molar-refractivity contribution >= 4 is 0 Å². The van der Waals surface area contributed by atoms with Gasteiger partial charge in [0.25, 0.3) is 0 Å². The maximum absolute atomic E-state index is 5.24. The van der Waals surface area contributed by atoms with Crippen molar-refractivity contribution in [2.75, 3.05) is 14.2 Å². The van der Waals surface area contributed by atoms with Crippen molar-refractivity contribution in [1.29, 1.82) is 0 Å². The van der Waals surface area contributed by atoms with Gasteiger partial charge in [0.1, 0.15) is 6.33 Å². The van der Waals surface area contributed by atoms with Gasteiger partial charge in [0, 0.05) is 25.0 Å². The van der Waals surface area contributed by atoms with Gasteiger partial charge in [-0.3, -0.25) is 4.98 Å². The quantitative estimate of drug-likeness (QED) is 0.865. The third-order valence-electron chi connectivity index (χ3n) is 3.02. The fourth-order valence-electron chi connectivity index (χ4n) is 1.89. The summed E-state index contributed by atoms with van der Waals surface area (Å²) in [6.07, 6.45) is 5.02. The van der Waals surface area contributed by atoms with Gasteiger partial charge in [-0.1, -0.05) is 6.07 Å². The average molecular weight is 274 g/mol. The summed E-state index contributed by atoms with van der Waals surface area (Å²) in [5.74, 6) is 1.03. The SMILES string of the molecule is COc1ncnc(OC)c1CNC(C)c1cccnc1. The predicted octanol–water partition coefficient (Wildman–Crippen LogP) is 1.74. The number of hydrogen-bond acceptors (Lipinski definition) is 6. The van der Waals surface area contributed by atoms with E-state index in [2.05, 4.69) is 27.2 Å². The molecule has 0 bridgehead atoms. The lowest BCUT2D eigenvalue weighted by molar-refractivity contribution is 0.357. The second-order valence-electron chi connectivity index (χ2n) is 4.26. The molecule has 6 heteroatoms. The van der Waals surface area contributed by atoms with Crippen LogP contribution in [0.25, 0.3) is 0 Å². The number of methoxy groups -OCH3 is 2. The van der Waals surface area contributed by atoms with E-state index in [1.54, 1.807) is 20.4 Å². The standard InChI is InChI=1S/C14H18N4O2/c1-10(11-5-4-6-15-7-11)16-8-12-13(19-2)17-9-18-14(12)20-3/h4-7,9-10,16H,8H2,1-3H3. The minimum atomic E-state index is 0.151. The zero-order chi connectivity index (χ0) is 14.4. The molecule has 1 N–H and O–H groups in total. The minimum Gasteiger partial charge on any atom is -0.481 e. The Kier molecular flexibility index (Phi) is 4.84. The second-order valence-corrected chi connectivity index (χ2v) is 4.26. The smallest absolute Gasteiger partial charge is 0.224 e. The summed E-state index contributed by atoms with van der Waals surface area (Å²) >= 11 is 0. The van der Waals surface area contributed by atoms with Crippen molar-refractivity contribution in [2.45, 2.75) is 19.5 Å². The monoisotopic (exact) mass is 274 g/mol. The predicted molar refractivity (Wildman–Crippen MR) is 74.6 cm³/mol. The molecule has 106 valence electrons. The highest BCUT2D eigenvalue weighted by Crippen LogP contribution is 2.24. The Bertz CT molecular complexity index is 526. The van der Waals surface area contributed by atoms with Gasteiger partial charge in [-0.2, -0.15) is 0 Å². The van der Waals surface area contributed by atoms with Gasteiger partial charge in [-0.25, -0.2) is 9.97 Å². The summed E-state index contributed by atoms with van der Waals surface area (Å²) in [6, 6.07) is 4.10. The molecule has 0 aliphatic heterocycles. The maximum atomic E-state index is 5.24. The summed E-state index contributed by atoms with van der Waals surface area (Å²) in [5, 5.41) is 3.38. The van der Waals surface area contributed by atoms with E-state index in [1.807, 2.05) is 18.3 Å². The lowest BCUT2D eigenvalue weighted by atomic mass is 10.1. The number of ether oxygens (including phenoxy) is 2. The molecule has 1 unspecified atom stereocenters. The first-order valence-electron chi connectivity index (χ1n) is 6.31. The molecule has 20 heavy (non-hydrogen) atoms. The van der Waals surface area contributed by atoms with Crippen LogP contribution in [0.3, 0.4) is 0 Å². The van der Waals surface area contributed by atoms with Crippen LogP contribution >= 0.6 is 0 Å². The normalized spacial score (nSPS) is 11.9. The molecular formula is C14H18N4O2. The third-order valence-corrected chi connectivity index (χ3v) is 3.02. The van der Waals surface area contributed by atoms with Gasteiger partial charge >= 0.3 is 0 Å². The van der Waals surface area contributed by atoms with E-state index in [-0.39, 0.29) is 6.04 Å². The first kappa shape index (κ1) is 14.2. The molecule has 0 saturated carbocycles. The van der Waals surface area contributed by atoms with Crippen molar-refractivity contribution in [2.24, 2.45) is 0 Å². The van der Waals surface area contributed by atoms with Crippen LogP contribution in [0.15, 0.2) is 30.9 Å². The van der Waals surface area contributed by atoms with Crippen LogP contribution in [0.5, 0.6) is 11.8 Å². The Morgan fingerprint density at radius 2 is 1.90 bits per heavy atom. The molecule has 0 radical (unpaired) electrons. The zero-order valence-corrected chi connectivity index (χ0v) is 11.8. The molecule has 0 aliphatic rings. The van der Waals surface area contributed by atoms with E-state index < -0.39 is 0 Å². The molecule has 2 aromatic heterocycles. The van der Waals surface area contributed by atoms with E-state index in [0.29, 0.717) is 18.3 Å². The van der Waals surface area contributed by atoms with Crippen LogP contribution < -0.4 is 14.8 Å². The fourth-order valence-corrected chi connectivity index (χ4v) is 1.89. The number of rotatable bonds is 6. The van der Waals surface area contributed by atoms with Crippen LogP contribution in [-0.4, -0.2) is 29.2 Å².